The largest absolute Gasteiger partial charge is 0.506 e. The Morgan fingerprint density at radius 2 is 1.33 bits per heavy atom. The first kappa shape index (κ1) is 18.9. The summed E-state index contributed by atoms with van der Waals surface area (Å²) in [6.45, 7) is 0. The van der Waals surface area contributed by atoms with Crippen molar-refractivity contribution < 1.29 is 31.0 Å². The number of hydrogen-bond donors (Lipinski definition) is 5. The number of hydrogen-bond acceptors (Lipinski definition) is 7. The monoisotopic (exact) mass is 410 g/mol. The van der Waals surface area contributed by atoms with E-state index in [4.69, 9.17) is 5.73 Å². The van der Waals surface area contributed by atoms with Gasteiger partial charge in [-0.05, 0) is 41.8 Å². The molecule has 142 valence electrons. The van der Waals surface area contributed by atoms with Crippen molar-refractivity contribution in [2.45, 2.75) is 9.79 Å². The Bertz CT molecular complexity index is 1270. The molecule has 0 aliphatic rings. The first-order valence-corrected chi connectivity index (χ1v) is 10.2. The fraction of sp³-hybridized carbons (Fsp3) is 0. The van der Waals surface area contributed by atoms with Crippen LogP contribution >= 0.6 is 0 Å². The molecular weight excluding hydrogens is 396 g/mol. The van der Waals surface area contributed by atoms with Crippen LogP contribution in [0.15, 0.2) is 58.3 Å². The van der Waals surface area contributed by atoms with Crippen molar-refractivity contribution in [3.63, 3.8) is 0 Å². The molecule has 9 nitrogen and oxygen atoms in total. The van der Waals surface area contributed by atoms with Gasteiger partial charge < -0.3 is 16.2 Å². The molecule has 11 heteroatoms. The van der Waals surface area contributed by atoms with E-state index < -0.39 is 35.8 Å². The number of nitrogens with two attached hydrogens (primary N) is 1. The fourth-order valence-electron chi connectivity index (χ4n) is 2.57. The maximum Gasteiger partial charge on any atom is 0.298 e. The first-order chi connectivity index (χ1) is 12.5. The van der Waals surface area contributed by atoms with Gasteiger partial charge in [0, 0.05) is 16.8 Å². The van der Waals surface area contributed by atoms with Crippen LogP contribution in [0.4, 0.5) is 17.1 Å². The van der Waals surface area contributed by atoms with Gasteiger partial charge in [0.25, 0.3) is 20.2 Å². The van der Waals surface area contributed by atoms with Gasteiger partial charge in [-0.25, -0.2) is 0 Å². The molecule has 0 saturated heterocycles. The molecule has 0 fully saturated rings. The molecule has 0 aliphatic carbocycles. The molecule has 0 amide bonds. The van der Waals surface area contributed by atoms with E-state index in [-0.39, 0.29) is 16.8 Å². The SMILES string of the molecule is Nc1ccc(Nc2ccc3ccc(S(=O)(=O)O)c(O)c3c2)cc1S(=O)(=O)O. The third kappa shape index (κ3) is 3.80. The van der Waals surface area contributed by atoms with Gasteiger partial charge in [-0.3, -0.25) is 9.11 Å². The molecule has 0 aliphatic heterocycles. The normalized spacial score (nSPS) is 12.2. The molecule has 0 radical (unpaired) electrons. The first-order valence-electron chi connectivity index (χ1n) is 7.34. The van der Waals surface area contributed by atoms with Crippen molar-refractivity contribution >= 4 is 48.1 Å². The summed E-state index contributed by atoms with van der Waals surface area (Å²) in [6, 6.07) is 11.0. The highest BCUT2D eigenvalue weighted by Gasteiger charge is 2.18. The lowest BCUT2D eigenvalue weighted by atomic mass is 10.1. The summed E-state index contributed by atoms with van der Waals surface area (Å²) in [7, 11) is -9.11. The molecule has 0 spiro atoms. The average molecular weight is 410 g/mol. The zero-order valence-corrected chi connectivity index (χ0v) is 15.1. The summed E-state index contributed by atoms with van der Waals surface area (Å²) in [6.07, 6.45) is 0. The lowest BCUT2D eigenvalue weighted by molar-refractivity contribution is 0.448. The molecule has 3 rings (SSSR count). The highest BCUT2D eigenvalue weighted by molar-refractivity contribution is 7.86. The number of phenols is 1. The van der Waals surface area contributed by atoms with E-state index in [1.807, 2.05) is 0 Å². The third-order valence-electron chi connectivity index (χ3n) is 3.81. The van der Waals surface area contributed by atoms with Crippen molar-refractivity contribution in [1.82, 2.24) is 0 Å². The Balaban J connectivity index is 2.07. The molecule has 0 aromatic heterocycles. The van der Waals surface area contributed by atoms with Crippen LogP contribution in [0.2, 0.25) is 0 Å². The molecule has 3 aromatic rings. The second kappa shape index (κ2) is 6.39. The second-order valence-corrected chi connectivity index (χ2v) is 8.46. The minimum atomic E-state index is -4.60. The van der Waals surface area contributed by atoms with E-state index in [2.05, 4.69) is 5.32 Å². The van der Waals surface area contributed by atoms with E-state index >= 15 is 0 Å². The number of rotatable bonds is 4. The molecular formula is C16H14N2O7S2. The molecule has 0 bridgehead atoms. The Labute approximate surface area is 154 Å². The molecule has 0 atom stereocenters. The number of benzene rings is 3. The number of nitrogens with one attached hydrogen (secondary N) is 1. The Kier molecular flexibility index (Phi) is 4.48. The fourth-order valence-corrected chi connectivity index (χ4v) is 3.81. The third-order valence-corrected chi connectivity index (χ3v) is 5.61. The summed E-state index contributed by atoms with van der Waals surface area (Å²) in [4.78, 5) is -1.10. The molecule has 3 aromatic carbocycles. The van der Waals surface area contributed by atoms with Gasteiger partial charge in [-0.15, -0.1) is 0 Å². The highest BCUT2D eigenvalue weighted by Crippen LogP contribution is 2.34. The molecule has 6 N–H and O–H groups in total. The van der Waals surface area contributed by atoms with Crippen LogP contribution in [0, 0.1) is 0 Å². The molecule has 0 unspecified atom stereocenters. The topological polar surface area (TPSA) is 167 Å². The van der Waals surface area contributed by atoms with E-state index in [9.17, 15) is 31.0 Å². The van der Waals surface area contributed by atoms with Gasteiger partial charge in [-0.1, -0.05) is 12.1 Å². The van der Waals surface area contributed by atoms with Crippen LogP contribution in [0.1, 0.15) is 0 Å². The Morgan fingerprint density at radius 3 is 1.96 bits per heavy atom. The van der Waals surface area contributed by atoms with E-state index in [0.29, 0.717) is 11.1 Å². The van der Waals surface area contributed by atoms with Crippen molar-refractivity contribution in [1.29, 1.82) is 0 Å². The van der Waals surface area contributed by atoms with Gasteiger partial charge in [0.15, 0.2) is 0 Å². The van der Waals surface area contributed by atoms with Gasteiger partial charge in [0.1, 0.15) is 15.5 Å². The summed E-state index contributed by atoms with van der Waals surface area (Å²) < 4.78 is 63.7. The number of nitrogen functional groups attached to an aromatic ring is 1. The minimum Gasteiger partial charge on any atom is -0.506 e. The van der Waals surface area contributed by atoms with E-state index in [0.717, 1.165) is 12.1 Å². The number of aromatic hydroxyl groups is 1. The number of anilines is 3. The van der Waals surface area contributed by atoms with E-state index in [1.165, 1.54) is 24.3 Å². The smallest absolute Gasteiger partial charge is 0.298 e. The highest BCUT2D eigenvalue weighted by atomic mass is 32.2. The zero-order chi connectivity index (χ0) is 20.0. The zero-order valence-electron chi connectivity index (χ0n) is 13.5. The minimum absolute atomic E-state index is 0.128. The van der Waals surface area contributed by atoms with Gasteiger partial charge in [0.05, 0.1) is 5.69 Å². The van der Waals surface area contributed by atoms with Crippen LogP contribution in [0.3, 0.4) is 0 Å². The van der Waals surface area contributed by atoms with Crippen LogP contribution in [0.25, 0.3) is 10.8 Å². The number of phenolic OH excluding ortho intramolecular Hbond substituents is 1. The van der Waals surface area contributed by atoms with Crippen molar-refractivity contribution in [2.75, 3.05) is 11.1 Å². The lowest BCUT2D eigenvalue weighted by Gasteiger charge is -2.11. The van der Waals surface area contributed by atoms with Crippen molar-refractivity contribution in [3.8, 4) is 5.75 Å². The summed E-state index contributed by atoms with van der Waals surface area (Å²) in [5, 5.41) is 13.7. The van der Waals surface area contributed by atoms with Crippen LogP contribution in [-0.2, 0) is 20.2 Å². The standard InChI is InChI=1S/C16H14N2O7S2/c17-13-5-4-11(8-15(13)27(23,24)25)18-10-3-1-9-2-6-14(26(20,21)22)16(19)12(9)7-10/h1-8,18-19H,17H2,(H,20,21,22)(H,23,24,25). The van der Waals surface area contributed by atoms with Crippen LogP contribution in [-0.4, -0.2) is 31.0 Å². The summed E-state index contributed by atoms with van der Waals surface area (Å²) in [5.41, 5.74) is 6.08. The quantitative estimate of drug-likeness (QED) is 0.320. The second-order valence-electron chi connectivity index (χ2n) is 5.68. The predicted octanol–water partition coefficient (Wildman–Crippen LogP) is 2.36. The maximum absolute atomic E-state index is 11.3. The van der Waals surface area contributed by atoms with Crippen LogP contribution < -0.4 is 11.1 Å². The Hall–Kier alpha value is -2.86. The van der Waals surface area contributed by atoms with E-state index in [1.54, 1.807) is 12.1 Å². The summed E-state index contributed by atoms with van der Waals surface area (Å²) >= 11 is 0. The van der Waals surface area contributed by atoms with Crippen LogP contribution in [0.5, 0.6) is 5.75 Å². The predicted molar refractivity (Wildman–Crippen MR) is 99.4 cm³/mol. The maximum atomic E-state index is 11.3. The average Bonchev–Trinajstić information content (AvgIpc) is 2.55. The van der Waals surface area contributed by atoms with Crippen molar-refractivity contribution in [3.05, 3.63) is 48.5 Å². The Morgan fingerprint density at radius 1 is 0.778 bits per heavy atom. The molecule has 27 heavy (non-hydrogen) atoms. The van der Waals surface area contributed by atoms with Gasteiger partial charge in [-0.2, -0.15) is 16.8 Å². The molecule has 0 saturated carbocycles. The summed E-state index contributed by atoms with van der Waals surface area (Å²) in [5.74, 6) is -0.616. The molecule has 0 heterocycles. The van der Waals surface area contributed by atoms with Gasteiger partial charge in [0.2, 0.25) is 0 Å². The lowest BCUT2D eigenvalue weighted by Crippen LogP contribution is -2.04. The number of fused-ring (bicyclic) bond motifs is 1. The van der Waals surface area contributed by atoms with Crippen molar-refractivity contribution in [2.24, 2.45) is 0 Å². The van der Waals surface area contributed by atoms with Gasteiger partial charge >= 0.3 is 0 Å².